The lowest BCUT2D eigenvalue weighted by atomic mass is 9.96. The van der Waals surface area contributed by atoms with E-state index in [1.54, 1.807) is 6.07 Å². The zero-order chi connectivity index (χ0) is 18.2. The SMILES string of the molecule is CS(=O)(=O)c1cccc(NCC2(c3cccc(Br)c3)CC2)c1[N+](=O)[O-]. The van der Waals surface area contributed by atoms with Crippen molar-refractivity contribution < 1.29 is 13.3 Å². The number of halogens is 1. The van der Waals surface area contributed by atoms with Gasteiger partial charge in [0.2, 0.25) is 0 Å². The number of sulfone groups is 1. The molecule has 0 aromatic heterocycles. The Morgan fingerprint density at radius 1 is 1.24 bits per heavy atom. The Labute approximate surface area is 154 Å². The van der Waals surface area contributed by atoms with Crippen LogP contribution in [0.5, 0.6) is 0 Å². The van der Waals surface area contributed by atoms with Gasteiger partial charge in [-0.15, -0.1) is 0 Å². The standard InChI is InChI=1S/C17H17BrN2O4S/c1-25(23,24)15-7-3-6-14(16(15)20(21)22)19-11-17(8-9-17)12-4-2-5-13(18)10-12/h2-7,10,19H,8-9,11H2,1H3. The number of nitro groups is 1. The second kappa shape index (κ2) is 6.42. The quantitative estimate of drug-likeness (QED) is 0.560. The van der Waals surface area contributed by atoms with E-state index >= 15 is 0 Å². The first-order valence-corrected chi connectivity index (χ1v) is 10.4. The fraction of sp³-hybridized carbons (Fsp3) is 0.294. The van der Waals surface area contributed by atoms with Crippen LogP contribution in [0.15, 0.2) is 51.8 Å². The minimum atomic E-state index is -3.68. The smallest absolute Gasteiger partial charge is 0.310 e. The molecule has 0 aliphatic heterocycles. The summed E-state index contributed by atoms with van der Waals surface area (Å²) in [4.78, 5) is 10.5. The third kappa shape index (κ3) is 3.69. The highest BCUT2D eigenvalue weighted by atomic mass is 79.9. The molecule has 0 unspecified atom stereocenters. The molecule has 25 heavy (non-hydrogen) atoms. The van der Waals surface area contributed by atoms with Gasteiger partial charge in [-0.1, -0.05) is 34.1 Å². The van der Waals surface area contributed by atoms with Crippen LogP contribution in [0.3, 0.4) is 0 Å². The van der Waals surface area contributed by atoms with Gasteiger partial charge in [0.05, 0.1) is 4.92 Å². The lowest BCUT2D eigenvalue weighted by Crippen LogP contribution is -2.20. The normalized spacial score (nSPS) is 15.6. The van der Waals surface area contributed by atoms with Crippen molar-refractivity contribution in [3.05, 3.63) is 62.6 Å². The summed E-state index contributed by atoms with van der Waals surface area (Å²) in [5.74, 6) is 0. The maximum atomic E-state index is 11.8. The van der Waals surface area contributed by atoms with Gasteiger partial charge in [-0.2, -0.15) is 0 Å². The van der Waals surface area contributed by atoms with Crippen LogP contribution >= 0.6 is 15.9 Å². The Kier molecular flexibility index (Phi) is 4.59. The molecule has 3 rings (SSSR count). The van der Waals surface area contributed by atoms with Crippen LogP contribution in [0, 0.1) is 10.1 Å². The van der Waals surface area contributed by atoms with Gasteiger partial charge in [-0.3, -0.25) is 10.1 Å². The first-order valence-electron chi connectivity index (χ1n) is 7.70. The zero-order valence-corrected chi connectivity index (χ0v) is 15.9. The van der Waals surface area contributed by atoms with Crippen LogP contribution in [0.1, 0.15) is 18.4 Å². The highest BCUT2D eigenvalue weighted by Gasteiger charge is 2.44. The van der Waals surface area contributed by atoms with Crippen LogP contribution in [-0.4, -0.2) is 26.1 Å². The average molecular weight is 425 g/mol. The summed E-state index contributed by atoms with van der Waals surface area (Å²) in [7, 11) is -3.68. The second-order valence-corrected chi connectivity index (χ2v) is 9.23. The lowest BCUT2D eigenvalue weighted by molar-refractivity contribution is -0.386. The summed E-state index contributed by atoms with van der Waals surface area (Å²) in [6, 6.07) is 12.3. The molecule has 1 aliphatic rings. The van der Waals surface area contributed by atoms with E-state index in [1.165, 1.54) is 12.1 Å². The largest absolute Gasteiger partial charge is 0.379 e. The minimum absolute atomic E-state index is 0.0707. The fourth-order valence-electron chi connectivity index (χ4n) is 2.95. The van der Waals surface area contributed by atoms with E-state index in [9.17, 15) is 18.5 Å². The maximum Gasteiger partial charge on any atom is 0.310 e. The van der Waals surface area contributed by atoms with E-state index in [1.807, 2.05) is 18.2 Å². The average Bonchev–Trinajstić information content (AvgIpc) is 3.33. The van der Waals surface area contributed by atoms with E-state index in [0.717, 1.165) is 29.1 Å². The van der Waals surface area contributed by atoms with E-state index in [-0.39, 0.29) is 16.0 Å². The van der Waals surface area contributed by atoms with Gasteiger partial charge in [0.15, 0.2) is 9.84 Å². The number of rotatable bonds is 6. The summed E-state index contributed by atoms with van der Waals surface area (Å²) in [6.45, 7) is 0.511. The van der Waals surface area contributed by atoms with E-state index in [0.29, 0.717) is 6.54 Å². The molecule has 132 valence electrons. The van der Waals surface area contributed by atoms with E-state index in [4.69, 9.17) is 0 Å². The first-order chi connectivity index (χ1) is 11.7. The highest BCUT2D eigenvalue weighted by molar-refractivity contribution is 9.10. The Hall–Kier alpha value is -1.93. The van der Waals surface area contributed by atoms with Crippen LogP contribution in [0.4, 0.5) is 11.4 Å². The molecular formula is C17H17BrN2O4S. The molecule has 8 heteroatoms. The van der Waals surface area contributed by atoms with Crippen LogP contribution in [0.25, 0.3) is 0 Å². The van der Waals surface area contributed by atoms with Gasteiger partial charge in [0, 0.05) is 22.7 Å². The fourth-order valence-corrected chi connectivity index (χ4v) is 4.21. The number of nitrogens with zero attached hydrogens (tertiary/aromatic N) is 1. The van der Waals surface area contributed by atoms with E-state index < -0.39 is 20.4 Å². The summed E-state index contributed by atoms with van der Waals surface area (Å²) in [5, 5.41) is 14.5. The van der Waals surface area contributed by atoms with Crippen LogP contribution < -0.4 is 5.32 Å². The molecule has 0 amide bonds. The highest BCUT2D eigenvalue weighted by Crippen LogP contribution is 2.49. The van der Waals surface area contributed by atoms with Crippen LogP contribution in [0.2, 0.25) is 0 Å². The molecule has 0 spiro atoms. The van der Waals surface area contributed by atoms with Crippen molar-refractivity contribution in [2.45, 2.75) is 23.2 Å². The second-order valence-electron chi connectivity index (χ2n) is 6.33. The van der Waals surface area contributed by atoms with Gasteiger partial charge in [-0.05, 0) is 42.7 Å². The summed E-state index contributed by atoms with van der Waals surface area (Å²) in [6.07, 6.45) is 2.94. The number of hydrogen-bond acceptors (Lipinski definition) is 5. The molecule has 1 saturated carbocycles. The molecule has 0 radical (unpaired) electrons. The molecule has 0 heterocycles. The molecule has 0 saturated heterocycles. The lowest BCUT2D eigenvalue weighted by Gasteiger charge is -2.18. The molecule has 0 atom stereocenters. The van der Waals surface area contributed by atoms with Crippen molar-refractivity contribution in [1.82, 2.24) is 0 Å². The Balaban J connectivity index is 1.91. The number of hydrogen-bond donors (Lipinski definition) is 1. The van der Waals surface area contributed by atoms with Gasteiger partial charge in [-0.25, -0.2) is 8.42 Å². The molecule has 1 N–H and O–H groups in total. The monoisotopic (exact) mass is 424 g/mol. The predicted octanol–water partition coefficient (Wildman–Crippen LogP) is 3.90. The third-order valence-corrected chi connectivity index (χ3v) is 6.11. The number of anilines is 1. The Morgan fingerprint density at radius 2 is 1.92 bits per heavy atom. The Morgan fingerprint density at radius 3 is 2.48 bits per heavy atom. The number of nitrogens with one attached hydrogen (secondary N) is 1. The summed E-state index contributed by atoms with van der Waals surface area (Å²) >= 11 is 3.46. The maximum absolute atomic E-state index is 11.8. The van der Waals surface area contributed by atoms with Crippen molar-refractivity contribution in [3.63, 3.8) is 0 Å². The molecule has 2 aromatic carbocycles. The molecule has 6 nitrogen and oxygen atoms in total. The summed E-state index contributed by atoms with van der Waals surface area (Å²) in [5.41, 5.74) is 0.930. The van der Waals surface area contributed by atoms with Crippen molar-refractivity contribution in [1.29, 1.82) is 0 Å². The zero-order valence-electron chi connectivity index (χ0n) is 13.5. The van der Waals surface area contributed by atoms with E-state index in [2.05, 4.69) is 27.3 Å². The topological polar surface area (TPSA) is 89.3 Å². The number of nitro benzene ring substituents is 1. The Bertz CT molecular complexity index is 939. The number of para-hydroxylation sites is 1. The molecule has 0 bridgehead atoms. The molecular weight excluding hydrogens is 408 g/mol. The third-order valence-electron chi connectivity index (χ3n) is 4.49. The molecule has 1 fully saturated rings. The molecule has 2 aromatic rings. The van der Waals surface area contributed by atoms with Gasteiger partial charge in [0.25, 0.3) is 0 Å². The van der Waals surface area contributed by atoms with Gasteiger partial charge < -0.3 is 5.32 Å². The van der Waals surface area contributed by atoms with Crippen molar-refractivity contribution in [2.75, 3.05) is 18.1 Å². The van der Waals surface area contributed by atoms with Gasteiger partial charge in [0.1, 0.15) is 10.6 Å². The van der Waals surface area contributed by atoms with Crippen molar-refractivity contribution >= 4 is 37.1 Å². The van der Waals surface area contributed by atoms with Crippen molar-refractivity contribution in [3.8, 4) is 0 Å². The minimum Gasteiger partial charge on any atom is -0.379 e. The van der Waals surface area contributed by atoms with Gasteiger partial charge >= 0.3 is 5.69 Å². The van der Waals surface area contributed by atoms with Crippen LogP contribution in [-0.2, 0) is 15.3 Å². The number of benzene rings is 2. The summed E-state index contributed by atoms with van der Waals surface area (Å²) < 4.78 is 24.7. The first kappa shape index (κ1) is 17.9. The molecule has 1 aliphatic carbocycles. The predicted molar refractivity (Wildman–Crippen MR) is 99.7 cm³/mol. The van der Waals surface area contributed by atoms with Crippen molar-refractivity contribution in [2.24, 2.45) is 0 Å².